The van der Waals surface area contributed by atoms with Crippen LogP contribution in [0.4, 0.5) is 17.6 Å². The molecule has 0 aliphatic carbocycles. The van der Waals surface area contributed by atoms with Gasteiger partial charge in [0, 0.05) is 49.9 Å². The predicted molar refractivity (Wildman–Crippen MR) is 127 cm³/mol. The number of halogens is 4. The normalized spacial score (nSPS) is 14.4. The molecule has 1 aliphatic heterocycles. The predicted octanol–water partition coefficient (Wildman–Crippen LogP) is 4.23. The van der Waals surface area contributed by atoms with E-state index < -0.39 is 23.3 Å². The Balaban J connectivity index is 1.36. The Kier molecular flexibility index (Phi) is 6.55. The molecule has 7 nitrogen and oxygen atoms in total. The summed E-state index contributed by atoms with van der Waals surface area (Å²) in [5.41, 5.74) is 1.21. The number of hydrogen-bond acceptors (Lipinski definition) is 5. The van der Waals surface area contributed by atoms with Crippen molar-refractivity contribution < 1.29 is 27.1 Å². The van der Waals surface area contributed by atoms with E-state index in [0.717, 1.165) is 6.07 Å². The molecule has 0 spiro atoms. The van der Waals surface area contributed by atoms with Gasteiger partial charge in [0.25, 0.3) is 5.91 Å². The molecule has 1 aliphatic rings. The quantitative estimate of drug-likeness (QED) is 0.295. The third-order valence-corrected chi connectivity index (χ3v) is 6.52. The molecule has 37 heavy (non-hydrogen) atoms. The standard InChI is InChI=1S/C26H23F4N5O2/c1-15-22(29)24(16-3-5-19(37-2)6-4-16)32-25-20(13-31-35(15)25)26(36)34-9-7-33(8-10-34)14-17-11-18(27)12-21(28)23(17)30/h3-6,11-13H,7-10,14H2,1-2H3. The molecule has 1 saturated heterocycles. The molecule has 4 aromatic rings. The zero-order valence-corrected chi connectivity index (χ0v) is 20.1. The number of carbonyl (C=O) groups excluding carboxylic acids is 1. The fraction of sp³-hybridized carbons (Fsp3) is 0.269. The number of aryl methyl sites for hydroxylation is 1. The lowest BCUT2D eigenvalue weighted by atomic mass is 10.1. The van der Waals surface area contributed by atoms with Gasteiger partial charge >= 0.3 is 0 Å². The molecule has 0 bridgehead atoms. The molecule has 11 heteroatoms. The number of methoxy groups -OCH3 is 1. The average molecular weight is 513 g/mol. The lowest BCUT2D eigenvalue weighted by Gasteiger charge is -2.34. The van der Waals surface area contributed by atoms with E-state index in [1.54, 1.807) is 36.1 Å². The molecule has 2 aromatic carbocycles. The first-order valence-electron chi connectivity index (χ1n) is 11.6. The minimum Gasteiger partial charge on any atom is -0.497 e. The highest BCUT2D eigenvalue weighted by Crippen LogP contribution is 2.27. The van der Waals surface area contributed by atoms with E-state index in [9.17, 15) is 18.0 Å². The highest BCUT2D eigenvalue weighted by atomic mass is 19.2. The second-order valence-corrected chi connectivity index (χ2v) is 8.81. The van der Waals surface area contributed by atoms with Crippen molar-refractivity contribution in [1.29, 1.82) is 0 Å². The van der Waals surface area contributed by atoms with E-state index in [0.29, 0.717) is 43.6 Å². The van der Waals surface area contributed by atoms with Gasteiger partial charge in [0.1, 0.15) is 22.8 Å². The first-order valence-corrected chi connectivity index (χ1v) is 11.6. The lowest BCUT2D eigenvalue weighted by Crippen LogP contribution is -2.48. The van der Waals surface area contributed by atoms with Crippen LogP contribution in [0.15, 0.2) is 42.6 Å². The number of aromatic nitrogens is 3. The summed E-state index contributed by atoms with van der Waals surface area (Å²) in [7, 11) is 1.54. The molecule has 192 valence electrons. The van der Waals surface area contributed by atoms with Crippen molar-refractivity contribution in [1.82, 2.24) is 24.4 Å². The summed E-state index contributed by atoms with van der Waals surface area (Å²) in [6.07, 6.45) is 1.37. The van der Waals surface area contributed by atoms with Crippen molar-refractivity contribution in [2.24, 2.45) is 0 Å². The summed E-state index contributed by atoms with van der Waals surface area (Å²) in [6.45, 7) is 2.94. The minimum absolute atomic E-state index is 0.0184. The van der Waals surface area contributed by atoms with E-state index in [2.05, 4.69) is 10.1 Å². The maximum absolute atomic E-state index is 15.1. The van der Waals surface area contributed by atoms with Crippen molar-refractivity contribution in [3.63, 3.8) is 0 Å². The third kappa shape index (κ3) is 4.62. The number of fused-ring (bicyclic) bond motifs is 1. The van der Waals surface area contributed by atoms with Crippen LogP contribution < -0.4 is 4.74 Å². The van der Waals surface area contributed by atoms with Gasteiger partial charge in [0.15, 0.2) is 23.1 Å². The van der Waals surface area contributed by atoms with E-state index in [-0.39, 0.29) is 40.6 Å². The van der Waals surface area contributed by atoms with Gasteiger partial charge in [-0.25, -0.2) is 27.1 Å². The second-order valence-electron chi connectivity index (χ2n) is 8.81. The van der Waals surface area contributed by atoms with Gasteiger partial charge in [-0.1, -0.05) is 0 Å². The van der Waals surface area contributed by atoms with Gasteiger partial charge in [-0.15, -0.1) is 0 Å². The number of piperazine rings is 1. The van der Waals surface area contributed by atoms with Crippen molar-refractivity contribution in [2.45, 2.75) is 13.5 Å². The summed E-state index contributed by atoms with van der Waals surface area (Å²) in [5.74, 6) is -3.40. The number of benzene rings is 2. The fourth-order valence-corrected chi connectivity index (χ4v) is 4.45. The van der Waals surface area contributed by atoms with Gasteiger partial charge in [0.05, 0.1) is 19.0 Å². The first-order chi connectivity index (χ1) is 17.8. The summed E-state index contributed by atoms with van der Waals surface area (Å²) >= 11 is 0. The van der Waals surface area contributed by atoms with Gasteiger partial charge < -0.3 is 9.64 Å². The number of nitrogens with zero attached hydrogens (tertiary/aromatic N) is 5. The lowest BCUT2D eigenvalue weighted by molar-refractivity contribution is 0.0628. The molecule has 0 radical (unpaired) electrons. The molecule has 0 atom stereocenters. The van der Waals surface area contributed by atoms with Crippen LogP contribution in [0.3, 0.4) is 0 Å². The van der Waals surface area contributed by atoms with Crippen molar-refractivity contribution in [3.8, 4) is 17.0 Å². The van der Waals surface area contributed by atoms with Crippen LogP contribution in [0.5, 0.6) is 5.75 Å². The van der Waals surface area contributed by atoms with Crippen LogP contribution in [-0.4, -0.2) is 63.6 Å². The van der Waals surface area contributed by atoms with Crippen LogP contribution in [0, 0.1) is 30.2 Å². The van der Waals surface area contributed by atoms with Gasteiger partial charge in [-0.3, -0.25) is 9.69 Å². The van der Waals surface area contributed by atoms with E-state index in [1.165, 1.54) is 17.8 Å². The molecular formula is C26H23F4N5O2. The van der Waals surface area contributed by atoms with Crippen LogP contribution in [0.1, 0.15) is 21.6 Å². The number of ether oxygens (including phenoxy) is 1. The third-order valence-electron chi connectivity index (χ3n) is 6.52. The summed E-state index contributed by atoms with van der Waals surface area (Å²) in [4.78, 5) is 21.2. The first kappa shape index (κ1) is 24.7. The summed E-state index contributed by atoms with van der Waals surface area (Å²) in [6, 6.07) is 8.25. The Morgan fingerprint density at radius 3 is 2.38 bits per heavy atom. The number of rotatable bonds is 5. The van der Waals surface area contributed by atoms with E-state index >= 15 is 4.39 Å². The Hall–Kier alpha value is -3.99. The Morgan fingerprint density at radius 2 is 1.70 bits per heavy atom. The van der Waals surface area contributed by atoms with Crippen LogP contribution in [-0.2, 0) is 6.54 Å². The van der Waals surface area contributed by atoms with Crippen LogP contribution >= 0.6 is 0 Å². The highest BCUT2D eigenvalue weighted by Gasteiger charge is 2.27. The zero-order valence-electron chi connectivity index (χ0n) is 20.1. The molecule has 5 rings (SSSR count). The topological polar surface area (TPSA) is 63.0 Å². The highest BCUT2D eigenvalue weighted by molar-refractivity contribution is 6.00. The fourth-order valence-electron chi connectivity index (χ4n) is 4.45. The van der Waals surface area contributed by atoms with Crippen LogP contribution in [0.25, 0.3) is 16.9 Å². The molecule has 0 N–H and O–H groups in total. The largest absolute Gasteiger partial charge is 0.497 e. The smallest absolute Gasteiger partial charge is 0.259 e. The van der Waals surface area contributed by atoms with E-state index in [1.807, 2.05) is 4.90 Å². The number of amides is 1. The monoisotopic (exact) mass is 513 g/mol. The number of carbonyl (C=O) groups is 1. The van der Waals surface area contributed by atoms with Crippen molar-refractivity contribution in [2.75, 3.05) is 33.3 Å². The molecule has 3 heterocycles. The molecule has 0 saturated carbocycles. The Morgan fingerprint density at radius 1 is 1.00 bits per heavy atom. The molecule has 1 amide bonds. The van der Waals surface area contributed by atoms with Gasteiger partial charge in [-0.2, -0.15) is 5.10 Å². The van der Waals surface area contributed by atoms with Crippen LogP contribution in [0.2, 0.25) is 0 Å². The van der Waals surface area contributed by atoms with Crippen molar-refractivity contribution in [3.05, 3.63) is 82.7 Å². The zero-order chi connectivity index (χ0) is 26.3. The second kappa shape index (κ2) is 9.81. The average Bonchev–Trinajstić information content (AvgIpc) is 3.33. The van der Waals surface area contributed by atoms with Crippen molar-refractivity contribution >= 4 is 11.6 Å². The molecule has 2 aromatic heterocycles. The SMILES string of the molecule is COc1ccc(-c2nc3c(C(=O)N4CCN(Cc5cc(F)cc(F)c5F)CC4)cnn3c(C)c2F)cc1. The number of hydrogen-bond donors (Lipinski definition) is 0. The van der Waals surface area contributed by atoms with Gasteiger partial charge in [0.2, 0.25) is 0 Å². The van der Waals surface area contributed by atoms with Gasteiger partial charge in [-0.05, 0) is 37.3 Å². The molecule has 1 fully saturated rings. The Labute approximate surface area is 209 Å². The summed E-state index contributed by atoms with van der Waals surface area (Å²) < 4.78 is 62.7. The maximum Gasteiger partial charge on any atom is 0.259 e. The molecular weight excluding hydrogens is 490 g/mol. The molecule has 0 unspecified atom stereocenters. The Bertz CT molecular complexity index is 1480. The minimum atomic E-state index is -1.23. The summed E-state index contributed by atoms with van der Waals surface area (Å²) in [5, 5.41) is 4.18. The van der Waals surface area contributed by atoms with E-state index in [4.69, 9.17) is 4.74 Å². The maximum atomic E-state index is 15.1.